The van der Waals surface area contributed by atoms with Crippen LogP contribution in [0.15, 0.2) is 24.3 Å². The van der Waals surface area contributed by atoms with Crippen molar-refractivity contribution in [2.45, 2.75) is 51.0 Å². The Morgan fingerprint density at radius 3 is 2.85 bits per heavy atom. The molecule has 1 aliphatic rings. The first kappa shape index (κ1) is 15.3. The van der Waals surface area contributed by atoms with E-state index in [0.29, 0.717) is 19.1 Å². The highest BCUT2D eigenvalue weighted by atomic mass is 16.5. The zero-order valence-electron chi connectivity index (χ0n) is 12.6. The summed E-state index contributed by atoms with van der Waals surface area (Å²) in [6.45, 7) is 5.36. The van der Waals surface area contributed by atoms with Gasteiger partial charge in [0.15, 0.2) is 0 Å². The normalized spacial score (nSPS) is 26.1. The van der Waals surface area contributed by atoms with Crippen LogP contribution in [0.2, 0.25) is 0 Å². The third kappa shape index (κ3) is 3.33. The van der Waals surface area contributed by atoms with E-state index in [1.807, 2.05) is 18.2 Å². The lowest BCUT2D eigenvalue weighted by atomic mass is 9.88. The highest BCUT2D eigenvalue weighted by Crippen LogP contribution is 2.37. The summed E-state index contributed by atoms with van der Waals surface area (Å²) in [5, 5.41) is 10.4. The molecule has 1 fully saturated rings. The van der Waals surface area contributed by atoms with Gasteiger partial charge in [0, 0.05) is 6.54 Å². The van der Waals surface area contributed by atoms with Crippen molar-refractivity contribution in [1.29, 1.82) is 0 Å². The first-order valence-corrected chi connectivity index (χ1v) is 7.71. The maximum Gasteiger partial charge on any atom is 0.122 e. The Hall–Kier alpha value is -1.06. The first-order valence-electron chi connectivity index (χ1n) is 7.71. The van der Waals surface area contributed by atoms with Crippen LogP contribution in [0.3, 0.4) is 0 Å². The van der Waals surface area contributed by atoms with E-state index >= 15 is 0 Å². The molecule has 1 aromatic carbocycles. The lowest BCUT2D eigenvalue weighted by Crippen LogP contribution is -2.41. The summed E-state index contributed by atoms with van der Waals surface area (Å²) in [6.07, 6.45) is 3.83. The van der Waals surface area contributed by atoms with E-state index in [9.17, 15) is 5.11 Å². The quantitative estimate of drug-likeness (QED) is 0.840. The topological polar surface area (TPSA) is 55.5 Å². The van der Waals surface area contributed by atoms with Gasteiger partial charge in [-0.25, -0.2) is 0 Å². The van der Waals surface area contributed by atoms with Crippen molar-refractivity contribution < 1.29 is 9.84 Å². The SMILES string of the molecule is CC(C)c1ccccc1OCCC1CCCC1(O)CN. The van der Waals surface area contributed by atoms with Crippen molar-refractivity contribution in [3.63, 3.8) is 0 Å². The fourth-order valence-electron chi connectivity index (χ4n) is 3.21. The fourth-order valence-corrected chi connectivity index (χ4v) is 3.21. The number of hydrogen-bond donors (Lipinski definition) is 2. The minimum atomic E-state index is -0.666. The maximum absolute atomic E-state index is 10.4. The van der Waals surface area contributed by atoms with Gasteiger partial charge in [0.2, 0.25) is 0 Å². The molecule has 0 heterocycles. The summed E-state index contributed by atoms with van der Waals surface area (Å²) in [5.41, 5.74) is 6.29. The highest BCUT2D eigenvalue weighted by molar-refractivity contribution is 5.35. The first-order chi connectivity index (χ1) is 9.57. The second-order valence-electron chi connectivity index (χ2n) is 6.23. The number of benzene rings is 1. The van der Waals surface area contributed by atoms with Gasteiger partial charge >= 0.3 is 0 Å². The molecule has 20 heavy (non-hydrogen) atoms. The number of para-hydroxylation sites is 1. The summed E-state index contributed by atoms with van der Waals surface area (Å²) in [4.78, 5) is 0. The van der Waals surface area contributed by atoms with Crippen LogP contribution in [0.5, 0.6) is 5.75 Å². The Balaban J connectivity index is 1.90. The van der Waals surface area contributed by atoms with E-state index in [1.54, 1.807) is 0 Å². The zero-order chi connectivity index (χ0) is 14.6. The van der Waals surface area contributed by atoms with Crippen molar-refractivity contribution >= 4 is 0 Å². The van der Waals surface area contributed by atoms with Gasteiger partial charge < -0.3 is 15.6 Å². The molecular formula is C17H27NO2. The summed E-state index contributed by atoms with van der Waals surface area (Å²) < 4.78 is 5.95. The van der Waals surface area contributed by atoms with E-state index in [1.165, 1.54) is 5.56 Å². The molecular weight excluding hydrogens is 250 g/mol. The van der Waals surface area contributed by atoms with Gasteiger partial charge in [0.25, 0.3) is 0 Å². The number of rotatable bonds is 6. The number of ether oxygens (including phenoxy) is 1. The van der Waals surface area contributed by atoms with Crippen molar-refractivity contribution in [2.75, 3.05) is 13.2 Å². The Morgan fingerprint density at radius 2 is 2.15 bits per heavy atom. The Morgan fingerprint density at radius 1 is 1.40 bits per heavy atom. The van der Waals surface area contributed by atoms with E-state index in [0.717, 1.165) is 31.4 Å². The minimum Gasteiger partial charge on any atom is -0.493 e. The van der Waals surface area contributed by atoms with Gasteiger partial charge in [-0.3, -0.25) is 0 Å². The molecule has 112 valence electrons. The standard InChI is InChI=1S/C17H27NO2/c1-13(2)15-7-3-4-8-16(15)20-11-9-14-6-5-10-17(14,19)12-18/h3-4,7-8,13-14,19H,5-6,9-12,18H2,1-2H3. The van der Waals surface area contributed by atoms with Crippen LogP contribution in [0.4, 0.5) is 0 Å². The van der Waals surface area contributed by atoms with Crippen molar-refractivity contribution in [2.24, 2.45) is 11.7 Å². The third-order valence-corrected chi connectivity index (χ3v) is 4.54. The van der Waals surface area contributed by atoms with Crippen molar-refractivity contribution in [3.8, 4) is 5.75 Å². The molecule has 1 aliphatic carbocycles. The number of aliphatic hydroxyl groups is 1. The molecule has 2 atom stereocenters. The molecule has 2 unspecified atom stereocenters. The third-order valence-electron chi connectivity index (χ3n) is 4.54. The average Bonchev–Trinajstić information content (AvgIpc) is 2.81. The highest BCUT2D eigenvalue weighted by Gasteiger charge is 2.39. The number of hydrogen-bond acceptors (Lipinski definition) is 3. The predicted molar refractivity (Wildman–Crippen MR) is 82.0 cm³/mol. The molecule has 1 aromatic rings. The van der Waals surface area contributed by atoms with Crippen LogP contribution >= 0.6 is 0 Å². The zero-order valence-corrected chi connectivity index (χ0v) is 12.6. The summed E-state index contributed by atoms with van der Waals surface area (Å²) in [6, 6.07) is 8.20. The summed E-state index contributed by atoms with van der Waals surface area (Å²) in [7, 11) is 0. The molecule has 0 radical (unpaired) electrons. The van der Waals surface area contributed by atoms with E-state index in [4.69, 9.17) is 10.5 Å². The molecule has 1 saturated carbocycles. The van der Waals surface area contributed by atoms with E-state index in [2.05, 4.69) is 19.9 Å². The van der Waals surface area contributed by atoms with Gasteiger partial charge in [-0.1, -0.05) is 38.5 Å². The molecule has 0 spiro atoms. The molecule has 0 aliphatic heterocycles. The largest absolute Gasteiger partial charge is 0.493 e. The maximum atomic E-state index is 10.4. The second kappa shape index (κ2) is 6.59. The molecule has 0 amide bonds. The smallest absolute Gasteiger partial charge is 0.122 e. The van der Waals surface area contributed by atoms with Crippen LogP contribution in [0.25, 0.3) is 0 Å². The summed E-state index contributed by atoms with van der Waals surface area (Å²) in [5.74, 6) is 1.70. The van der Waals surface area contributed by atoms with Gasteiger partial charge in [0.05, 0.1) is 12.2 Å². The molecule has 2 rings (SSSR count). The predicted octanol–water partition coefficient (Wildman–Crippen LogP) is 3.07. The Bertz CT molecular complexity index is 433. The molecule has 0 aromatic heterocycles. The van der Waals surface area contributed by atoms with Crippen LogP contribution in [0.1, 0.15) is 51.0 Å². The molecule has 3 N–H and O–H groups in total. The van der Waals surface area contributed by atoms with Gasteiger partial charge in [0.1, 0.15) is 5.75 Å². The monoisotopic (exact) mass is 277 g/mol. The molecule has 0 saturated heterocycles. The van der Waals surface area contributed by atoms with Crippen LogP contribution in [-0.4, -0.2) is 23.9 Å². The second-order valence-corrected chi connectivity index (χ2v) is 6.23. The van der Waals surface area contributed by atoms with Gasteiger partial charge in [-0.15, -0.1) is 0 Å². The van der Waals surface area contributed by atoms with Gasteiger partial charge in [-0.05, 0) is 42.7 Å². The van der Waals surface area contributed by atoms with Crippen molar-refractivity contribution in [1.82, 2.24) is 0 Å². The fraction of sp³-hybridized carbons (Fsp3) is 0.647. The van der Waals surface area contributed by atoms with Crippen LogP contribution in [-0.2, 0) is 0 Å². The molecule has 3 heteroatoms. The lowest BCUT2D eigenvalue weighted by molar-refractivity contribution is 0.00351. The summed E-state index contributed by atoms with van der Waals surface area (Å²) >= 11 is 0. The van der Waals surface area contributed by atoms with E-state index < -0.39 is 5.60 Å². The molecule has 3 nitrogen and oxygen atoms in total. The Labute approximate surface area is 122 Å². The minimum absolute atomic E-state index is 0.277. The lowest BCUT2D eigenvalue weighted by Gasteiger charge is -2.28. The van der Waals surface area contributed by atoms with Gasteiger partial charge in [-0.2, -0.15) is 0 Å². The van der Waals surface area contributed by atoms with Crippen LogP contribution < -0.4 is 10.5 Å². The molecule has 0 bridgehead atoms. The average molecular weight is 277 g/mol. The Kier molecular flexibility index (Phi) is 5.06. The number of nitrogens with two attached hydrogens (primary N) is 1. The van der Waals surface area contributed by atoms with Crippen molar-refractivity contribution in [3.05, 3.63) is 29.8 Å². The van der Waals surface area contributed by atoms with Crippen LogP contribution in [0, 0.1) is 5.92 Å². The van der Waals surface area contributed by atoms with E-state index in [-0.39, 0.29) is 5.92 Å².